The van der Waals surface area contributed by atoms with E-state index in [4.69, 9.17) is 39.7 Å². The molecule has 0 aromatic carbocycles. The number of aliphatic hydroxyl groups is 4. The molecule has 0 aromatic rings. The molecule has 1 aliphatic rings. The molecule has 100 valence electrons. The van der Waals surface area contributed by atoms with Crippen LogP contribution in [0.5, 0.6) is 0 Å². The third-order valence-electron chi connectivity index (χ3n) is 1.48. The van der Waals surface area contributed by atoms with Crippen molar-refractivity contribution in [2.24, 2.45) is 0 Å². The standard InChI is InChI=1S/C6H8O6.3K.H3O4P/c7-1-2(8)5-3(9)4(10)6(11)12-5;;;;1-5(2,3)4/h2,5,7-10H,1H2;;;;(H3,1,2,3,4)/q;3*+1;/p-3/t2-,5+;;;;/m0..../s1. The van der Waals surface area contributed by atoms with E-state index in [1.807, 2.05) is 0 Å². The molecule has 14 heteroatoms. The molecule has 0 aliphatic carbocycles. The zero-order valence-corrected chi connectivity index (χ0v) is 21.3. The molecule has 20 heavy (non-hydrogen) atoms. The summed E-state index contributed by atoms with van der Waals surface area (Å²) in [6.07, 6.45) is -2.78. The fourth-order valence-corrected chi connectivity index (χ4v) is 0.823. The van der Waals surface area contributed by atoms with Gasteiger partial charge in [0.05, 0.1) is 6.61 Å². The normalized spacial score (nSPS) is 18.4. The van der Waals surface area contributed by atoms with E-state index in [1.165, 1.54) is 0 Å². The second-order valence-electron chi connectivity index (χ2n) is 2.76. The van der Waals surface area contributed by atoms with Crippen molar-refractivity contribution in [3.8, 4) is 0 Å². The van der Waals surface area contributed by atoms with Crippen molar-refractivity contribution in [1.82, 2.24) is 0 Å². The van der Waals surface area contributed by atoms with Crippen molar-refractivity contribution in [2.45, 2.75) is 12.2 Å². The van der Waals surface area contributed by atoms with Crippen LogP contribution in [-0.4, -0.2) is 45.2 Å². The molecule has 1 heterocycles. The van der Waals surface area contributed by atoms with Crippen molar-refractivity contribution in [2.75, 3.05) is 6.61 Å². The number of ether oxygens (including phenoxy) is 1. The summed E-state index contributed by atoms with van der Waals surface area (Å²) in [4.78, 5) is 36.2. The van der Waals surface area contributed by atoms with Gasteiger partial charge in [-0.1, -0.05) is 0 Å². The van der Waals surface area contributed by atoms with Gasteiger partial charge in [-0.05, 0) is 0 Å². The predicted molar refractivity (Wildman–Crippen MR) is 42.9 cm³/mol. The Morgan fingerprint density at radius 3 is 1.75 bits per heavy atom. The van der Waals surface area contributed by atoms with Gasteiger partial charge in [0.25, 0.3) is 0 Å². The van der Waals surface area contributed by atoms with Crippen LogP contribution in [0, 0.1) is 0 Å². The van der Waals surface area contributed by atoms with Crippen LogP contribution in [0.1, 0.15) is 0 Å². The minimum Gasteiger partial charge on any atom is -0.822 e. The van der Waals surface area contributed by atoms with Crippen molar-refractivity contribution >= 4 is 13.8 Å². The van der Waals surface area contributed by atoms with Gasteiger partial charge in [0, 0.05) is 0 Å². The average molecular weight is 388 g/mol. The Morgan fingerprint density at radius 2 is 1.55 bits per heavy atom. The minimum absolute atomic E-state index is 0. The summed E-state index contributed by atoms with van der Waals surface area (Å²) in [5.74, 6) is -2.78. The van der Waals surface area contributed by atoms with Crippen LogP contribution in [0.4, 0.5) is 0 Å². The number of phosphoric acid groups is 1. The van der Waals surface area contributed by atoms with E-state index in [0.717, 1.165) is 0 Å². The van der Waals surface area contributed by atoms with Crippen LogP contribution >= 0.6 is 7.82 Å². The van der Waals surface area contributed by atoms with Gasteiger partial charge >= 0.3 is 160 Å². The van der Waals surface area contributed by atoms with Gasteiger partial charge in [-0.3, -0.25) is 0 Å². The third-order valence-corrected chi connectivity index (χ3v) is 1.48. The van der Waals surface area contributed by atoms with Crippen molar-refractivity contribution in [3.63, 3.8) is 0 Å². The first-order valence-electron chi connectivity index (χ1n) is 3.93. The Hall–Kier alpha value is 3.75. The summed E-state index contributed by atoms with van der Waals surface area (Å²) >= 11 is 0. The first kappa shape index (κ1) is 31.5. The fourth-order valence-electron chi connectivity index (χ4n) is 0.823. The zero-order valence-electron chi connectivity index (χ0n) is 11.0. The van der Waals surface area contributed by atoms with Gasteiger partial charge in [0.2, 0.25) is 5.76 Å². The minimum atomic E-state index is -5.39. The molecule has 0 radical (unpaired) electrons. The summed E-state index contributed by atoms with van der Waals surface area (Å²) in [5.41, 5.74) is 0. The number of hydrogen-bond acceptors (Lipinski definition) is 10. The van der Waals surface area contributed by atoms with Crippen LogP contribution in [0.2, 0.25) is 0 Å². The number of rotatable bonds is 2. The molecule has 0 unspecified atom stereocenters. The van der Waals surface area contributed by atoms with E-state index in [-0.39, 0.29) is 154 Å². The zero-order chi connectivity index (χ0) is 13.8. The Bertz CT molecular complexity index is 360. The maximum absolute atomic E-state index is 10.5. The molecule has 0 saturated heterocycles. The van der Waals surface area contributed by atoms with Gasteiger partial charge in [-0.2, -0.15) is 7.82 Å². The van der Waals surface area contributed by atoms with E-state index < -0.39 is 44.1 Å². The SMILES string of the molecule is O=C1O[C@H]([C@@H](O)CO)C(O)=C1O.O=P([O-])([O-])[O-].[K+].[K+].[K+]. The van der Waals surface area contributed by atoms with Gasteiger partial charge in [0.15, 0.2) is 11.9 Å². The Kier molecular flexibility index (Phi) is 23.7. The van der Waals surface area contributed by atoms with Crippen molar-refractivity contribution in [3.05, 3.63) is 11.5 Å². The predicted octanol–water partition coefficient (Wildman–Crippen LogP) is -13.2. The second kappa shape index (κ2) is 15.0. The smallest absolute Gasteiger partial charge is 0.822 e. The number of esters is 1. The molecular weight excluding hydrogens is 380 g/mol. The fraction of sp³-hybridized carbons (Fsp3) is 0.500. The molecule has 4 N–H and O–H groups in total. The third kappa shape index (κ3) is 14.1. The van der Waals surface area contributed by atoms with Crippen LogP contribution < -0.4 is 169 Å². The largest absolute Gasteiger partial charge is 1.00 e. The molecule has 2 atom stereocenters. The molecule has 0 spiro atoms. The van der Waals surface area contributed by atoms with Gasteiger partial charge in [-0.25, -0.2) is 4.79 Å². The van der Waals surface area contributed by atoms with Crippen molar-refractivity contribution < 1.29 is 203 Å². The quantitative estimate of drug-likeness (QED) is 0.200. The van der Waals surface area contributed by atoms with E-state index in [1.54, 1.807) is 0 Å². The first-order valence-corrected chi connectivity index (χ1v) is 5.39. The van der Waals surface area contributed by atoms with Crippen LogP contribution in [-0.2, 0) is 14.1 Å². The van der Waals surface area contributed by atoms with E-state index in [2.05, 4.69) is 4.74 Å². The Labute approximate surface area is 241 Å². The number of cyclic esters (lactones) is 1. The molecule has 0 saturated carbocycles. The maximum Gasteiger partial charge on any atom is 1.00 e. The molecule has 0 amide bonds. The number of carbonyl (C=O) groups is 1. The molecule has 1 aliphatic heterocycles. The van der Waals surface area contributed by atoms with Crippen LogP contribution in [0.15, 0.2) is 11.5 Å². The summed E-state index contributed by atoms with van der Waals surface area (Å²) in [5, 5.41) is 35.0. The Balaban J connectivity index is -0.000000141. The van der Waals surface area contributed by atoms with Gasteiger partial charge < -0.3 is 44.4 Å². The number of hydrogen-bond donors (Lipinski definition) is 4. The number of aliphatic hydroxyl groups excluding tert-OH is 4. The molecule has 0 aromatic heterocycles. The average Bonchev–Trinajstić information content (AvgIpc) is 2.42. The summed E-state index contributed by atoms with van der Waals surface area (Å²) in [6, 6.07) is 0. The van der Waals surface area contributed by atoms with E-state index in [0.29, 0.717) is 0 Å². The van der Waals surface area contributed by atoms with Gasteiger partial charge in [-0.15, -0.1) is 0 Å². The second-order valence-corrected chi connectivity index (χ2v) is 3.65. The molecule has 0 bridgehead atoms. The monoisotopic (exact) mass is 388 g/mol. The van der Waals surface area contributed by atoms with Crippen molar-refractivity contribution in [1.29, 1.82) is 0 Å². The summed E-state index contributed by atoms with van der Waals surface area (Å²) < 4.78 is 12.9. The van der Waals surface area contributed by atoms with Crippen LogP contribution in [0.25, 0.3) is 0 Å². The molecule has 0 fully saturated rings. The molecular formula is C6H8K3O10P. The topological polar surface area (TPSA) is 193 Å². The molecule has 1 rings (SSSR count). The van der Waals surface area contributed by atoms with Gasteiger partial charge in [0.1, 0.15) is 6.10 Å². The maximum atomic E-state index is 10.5. The van der Waals surface area contributed by atoms with E-state index in [9.17, 15) is 4.79 Å². The summed E-state index contributed by atoms with van der Waals surface area (Å²) in [7, 11) is -5.39. The van der Waals surface area contributed by atoms with Crippen LogP contribution in [0.3, 0.4) is 0 Å². The first-order chi connectivity index (χ1) is 7.57. The Morgan fingerprint density at radius 1 is 1.20 bits per heavy atom. The molecule has 10 nitrogen and oxygen atoms in total. The van der Waals surface area contributed by atoms with E-state index >= 15 is 0 Å². The number of carbonyl (C=O) groups excluding carboxylic acids is 1. The summed E-state index contributed by atoms with van der Waals surface area (Å²) in [6.45, 7) is -0.671.